The van der Waals surface area contributed by atoms with Crippen LogP contribution in [0.25, 0.3) is 22.7 Å². The summed E-state index contributed by atoms with van der Waals surface area (Å²) in [6, 6.07) is 16.4. The molecule has 6 heteroatoms. The summed E-state index contributed by atoms with van der Waals surface area (Å²) in [6.07, 6.45) is 4.89. The third kappa shape index (κ3) is 3.51. The molecule has 28 heavy (non-hydrogen) atoms. The minimum atomic E-state index is -0.339. The number of nitrogens with zero attached hydrogens (tertiary/aromatic N) is 2. The van der Waals surface area contributed by atoms with Gasteiger partial charge in [-0.25, -0.2) is 0 Å². The van der Waals surface area contributed by atoms with Crippen LogP contribution in [-0.4, -0.2) is 21.4 Å². The molecule has 0 saturated heterocycles. The van der Waals surface area contributed by atoms with Crippen LogP contribution in [0.15, 0.2) is 64.6 Å². The second-order valence-corrected chi connectivity index (χ2v) is 7.54. The van der Waals surface area contributed by atoms with E-state index < -0.39 is 0 Å². The third-order valence-electron chi connectivity index (χ3n) is 4.53. The fraction of sp³-hybridized carbons (Fsp3) is 0.136. The summed E-state index contributed by atoms with van der Waals surface area (Å²) in [5, 5.41) is 2.91. The van der Waals surface area contributed by atoms with Gasteiger partial charge in [0.25, 0.3) is 5.91 Å². The number of amides is 2. The largest absolute Gasteiger partial charge is 0.316 e. The quantitative estimate of drug-likeness (QED) is 0.680. The number of amidine groups is 1. The number of hydrogen-bond acceptors (Lipinski definition) is 3. The molecule has 2 aromatic heterocycles. The Morgan fingerprint density at radius 3 is 2.71 bits per heavy atom. The lowest BCUT2D eigenvalue weighted by Gasteiger charge is -2.06. The van der Waals surface area contributed by atoms with Crippen LogP contribution in [0.4, 0.5) is 0 Å². The number of benzene rings is 1. The predicted octanol–water partition coefficient (Wildman–Crippen LogP) is 4.28. The summed E-state index contributed by atoms with van der Waals surface area (Å²) in [5.41, 5.74) is 5.31. The van der Waals surface area contributed by atoms with E-state index in [-0.39, 0.29) is 11.8 Å². The van der Waals surface area contributed by atoms with Gasteiger partial charge in [0.2, 0.25) is 5.91 Å². The van der Waals surface area contributed by atoms with Crippen LogP contribution in [0.2, 0.25) is 0 Å². The molecule has 0 atom stereocenters. The molecule has 5 nitrogen and oxygen atoms in total. The number of nitrogens with one attached hydrogen (secondary N) is 1. The van der Waals surface area contributed by atoms with E-state index in [1.54, 1.807) is 0 Å². The Hall–Kier alpha value is -3.12. The maximum absolute atomic E-state index is 12.4. The van der Waals surface area contributed by atoms with Crippen molar-refractivity contribution in [2.75, 3.05) is 0 Å². The van der Waals surface area contributed by atoms with Gasteiger partial charge in [0.05, 0.1) is 10.6 Å². The fourth-order valence-electron chi connectivity index (χ4n) is 3.18. The minimum absolute atomic E-state index is 0.244. The smallest absolute Gasteiger partial charge is 0.286 e. The van der Waals surface area contributed by atoms with Crippen LogP contribution in [0.1, 0.15) is 25.1 Å². The highest BCUT2D eigenvalue weighted by Gasteiger charge is 2.24. The first-order valence-corrected chi connectivity index (χ1v) is 9.86. The van der Waals surface area contributed by atoms with Crippen molar-refractivity contribution >= 4 is 40.3 Å². The molecule has 1 aromatic carbocycles. The maximum Gasteiger partial charge on any atom is 0.286 e. The average Bonchev–Trinajstić information content (AvgIpc) is 3.22. The zero-order chi connectivity index (χ0) is 19.7. The summed E-state index contributed by atoms with van der Waals surface area (Å²) in [6.45, 7) is 3.51. The predicted molar refractivity (Wildman–Crippen MR) is 114 cm³/mol. The van der Waals surface area contributed by atoms with Crippen molar-refractivity contribution < 1.29 is 9.59 Å². The Morgan fingerprint density at radius 2 is 2.00 bits per heavy atom. The van der Waals surface area contributed by atoms with Gasteiger partial charge in [-0.2, -0.15) is 4.99 Å². The van der Waals surface area contributed by atoms with E-state index >= 15 is 0 Å². The number of aromatic nitrogens is 1. The second kappa shape index (κ2) is 7.48. The standard InChI is InChI=1S/C22H19N3O2S/c1-3-15-9-10-17-11-18(16-7-5-4-6-8-16)19(25(17)13-15)12-20-21(27)24-22(28-20)23-14(2)26/h4-13H,3H2,1-2H3,(H,23,24,26,27). The first-order valence-electron chi connectivity index (χ1n) is 9.04. The zero-order valence-corrected chi connectivity index (χ0v) is 16.4. The Labute approximate surface area is 167 Å². The molecule has 0 fully saturated rings. The van der Waals surface area contributed by atoms with Crippen molar-refractivity contribution in [3.63, 3.8) is 0 Å². The van der Waals surface area contributed by atoms with Gasteiger partial charge in [0.1, 0.15) is 0 Å². The molecule has 0 radical (unpaired) electrons. The van der Waals surface area contributed by atoms with Gasteiger partial charge in [-0.05, 0) is 47.5 Å². The minimum Gasteiger partial charge on any atom is -0.316 e. The van der Waals surface area contributed by atoms with Crippen LogP contribution in [0.5, 0.6) is 0 Å². The molecule has 1 N–H and O–H groups in total. The highest BCUT2D eigenvalue weighted by atomic mass is 32.2. The van der Waals surface area contributed by atoms with Gasteiger partial charge in [-0.15, -0.1) is 0 Å². The molecule has 0 bridgehead atoms. The van der Waals surface area contributed by atoms with Crippen LogP contribution >= 0.6 is 11.8 Å². The Balaban J connectivity index is 1.85. The van der Waals surface area contributed by atoms with Gasteiger partial charge < -0.3 is 9.72 Å². The molecule has 140 valence electrons. The zero-order valence-electron chi connectivity index (χ0n) is 15.6. The topological polar surface area (TPSA) is 62.9 Å². The monoisotopic (exact) mass is 389 g/mol. The number of hydrogen-bond donors (Lipinski definition) is 1. The van der Waals surface area contributed by atoms with E-state index in [0.29, 0.717) is 10.1 Å². The van der Waals surface area contributed by atoms with E-state index in [1.807, 2.05) is 24.3 Å². The molecule has 0 unspecified atom stereocenters. The molecule has 1 aliphatic heterocycles. The number of carbonyl (C=O) groups is 2. The number of rotatable bonds is 3. The Bertz CT molecular complexity index is 1140. The third-order valence-corrected chi connectivity index (χ3v) is 5.43. The maximum atomic E-state index is 12.4. The lowest BCUT2D eigenvalue weighted by molar-refractivity contribution is -0.117. The van der Waals surface area contributed by atoms with E-state index in [2.05, 4.69) is 58.2 Å². The van der Waals surface area contributed by atoms with Gasteiger partial charge >= 0.3 is 0 Å². The number of aryl methyl sites for hydroxylation is 1. The summed E-state index contributed by atoms with van der Waals surface area (Å²) in [4.78, 5) is 28.1. The molecular formula is C22H19N3O2S. The number of thioether (sulfide) groups is 1. The summed E-state index contributed by atoms with van der Waals surface area (Å²) in [7, 11) is 0. The number of aliphatic imine (C=N–C) groups is 1. The average molecular weight is 389 g/mol. The molecule has 3 aromatic rings. The van der Waals surface area contributed by atoms with Crippen molar-refractivity contribution in [3.8, 4) is 11.1 Å². The summed E-state index contributed by atoms with van der Waals surface area (Å²) in [5.74, 6) is -0.583. The second-order valence-electron chi connectivity index (χ2n) is 6.51. The summed E-state index contributed by atoms with van der Waals surface area (Å²) < 4.78 is 2.11. The first-order chi connectivity index (χ1) is 13.5. The van der Waals surface area contributed by atoms with Crippen LogP contribution in [0.3, 0.4) is 0 Å². The lowest BCUT2D eigenvalue weighted by atomic mass is 10.1. The van der Waals surface area contributed by atoms with E-state index in [4.69, 9.17) is 0 Å². The van der Waals surface area contributed by atoms with Crippen molar-refractivity contribution in [1.82, 2.24) is 9.72 Å². The van der Waals surface area contributed by atoms with E-state index in [9.17, 15) is 9.59 Å². The van der Waals surface area contributed by atoms with Crippen molar-refractivity contribution in [3.05, 3.63) is 70.9 Å². The van der Waals surface area contributed by atoms with Crippen molar-refractivity contribution in [2.45, 2.75) is 20.3 Å². The molecule has 0 saturated carbocycles. The van der Waals surface area contributed by atoms with Crippen molar-refractivity contribution in [1.29, 1.82) is 0 Å². The molecule has 0 aliphatic carbocycles. The molecule has 2 amide bonds. The lowest BCUT2D eigenvalue weighted by Crippen LogP contribution is -2.23. The first kappa shape index (κ1) is 18.3. The van der Waals surface area contributed by atoms with Gasteiger partial charge in [0, 0.05) is 24.2 Å². The molecular weight excluding hydrogens is 370 g/mol. The van der Waals surface area contributed by atoms with Crippen LogP contribution in [0, 0.1) is 0 Å². The molecule has 1 aliphatic rings. The Kier molecular flexibility index (Phi) is 4.88. The van der Waals surface area contributed by atoms with Gasteiger partial charge in [-0.3, -0.25) is 9.59 Å². The SMILES string of the molecule is CCc1ccc2cc(-c3ccccc3)c(C=C3SC(NC(C)=O)=NC3=O)n2c1. The molecule has 0 spiro atoms. The summed E-state index contributed by atoms with van der Waals surface area (Å²) >= 11 is 1.18. The van der Waals surface area contributed by atoms with Gasteiger partial charge in [-0.1, -0.05) is 43.3 Å². The highest BCUT2D eigenvalue weighted by molar-refractivity contribution is 8.18. The van der Waals surface area contributed by atoms with E-state index in [1.165, 1.54) is 24.2 Å². The molecule has 3 heterocycles. The number of fused-ring (bicyclic) bond motifs is 1. The van der Waals surface area contributed by atoms with E-state index in [0.717, 1.165) is 28.8 Å². The number of pyridine rings is 1. The Morgan fingerprint density at radius 1 is 1.21 bits per heavy atom. The number of carbonyl (C=O) groups excluding carboxylic acids is 2. The van der Waals surface area contributed by atoms with Crippen molar-refractivity contribution in [2.24, 2.45) is 4.99 Å². The van der Waals surface area contributed by atoms with Gasteiger partial charge in [0.15, 0.2) is 5.17 Å². The fourth-order valence-corrected chi connectivity index (χ4v) is 4.01. The highest BCUT2D eigenvalue weighted by Crippen LogP contribution is 2.34. The molecule has 4 rings (SSSR count). The van der Waals surface area contributed by atoms with Crippen LogP contribution < -0.4 is 5.32 Å². The normalized spacial score (nSPS) is 15.3. The van der Waals surface area contributed by atoms with Crippen LogP contribution in [-0.2, 0) is 16.0 Å².